The number of nitro benzene ring substituents is 1. The van der Waals surface area contributed by atoms with Gasteiger partial charge >= 0.3 is 0 Å². The van der Waals surface area contributed by atoms with Gasteiger partial charge in [0.15, 0.2) is 0 Å². The SMILES string of the molecule is CNC1CC(Oc2cccc([N+](=O)[O-])c2)C1(C)C. The van der Waals surface area contributed by atoms with Crippen LogP contribution in [0.5, 0.6) is 5.75 Å². The molecule has 0 aliphatic heterocycles. The van der Waals surface area contributed by atoms with Gasteiger partial charge in [-0.05, 0) is 13.1 Å². The van der Waals surface area contributed by atoms with Crippen LogP contribution in [0.15, 0.2) is 24.3 Å². The average Bonchev–Trinajstić information content (AvgIpc) is 2.34. The molecule has 0 heterocycles. The van der Waals surface area contributed by atoms with Crippen LogP contribution in [0.25, 0.3) is 0 Å². The Morgan fingerprint density at radius 3 is 2.78 bits per heavy atom. The molecule has 1 N–H and O–H groups in total. The number of benzene rings is 1. The maximum atomic E-state index is 10.7. The fraction of sp³-hybridized carbons (Fsp3) is 0.538. The molecule has 5 heteroatoms. The van der Waals surface area contributed by atoms with Crippen LogP contribution in [0.2, 0.25) is 0 Å². The molecule has 1 saturated carbocycles. The van der Waals surface area contributed by atoms with Crippen molar-refractivity contribution in [2.75, 3.05) is 7.05 Å². The lowest BCUT2D eigenvalue weighted by Gasteiger charge is -2.51. The number of rotatable bonds is 4. The van der Waals surface area contributed by atoms with Crippen molar-refractivity contribution in [2.45, 2.75) is 32.4 Å². The summed E-state index contributed by atoms with van der Waals surface area (Å²) in [6, 6.07) is 6.78. The first kappa shape index (κ1) is 12.8. The summed E-state index contributed by atoms with van der Waals surface area (Å²) in [7, 11) is 1.94. The summed E-state index contributed by atoms with van der Waals surface area (Å²) in [5.41, 5.74) is 0.106. The molecule has 1 aliphatic rings. The van der Waals surface area contributed by atoms with Crippen molar-refractivity contribution in [3.8, 4) is 5.75 Å². The van der Waals surface area contributed by atoms with E-state index in [2.05, 4.69) is 19.2 Å². The van der Waals surface area contributed by atoms with E-state index >= 15 is 0 Å². The van der Waals surface area contributed by atoms with E-state index in [0.717, 1.165) is 6.42 Å². The first-order valence-corrected chi connectivity index (χ1v) is 6.03. The largest absolute Gasteiger partial charge is 0.489 e. The summed E-state index contributed by atoms with van der Waals surface area (Å²) in [6.07, 6.45) is 1.02. The van der Waals surface area contributed by atoms with Gasteiger partial charge in [0.2, 0.25) is 0 Å². The fourth-order valence-electron chi connectivity index (χ4n) is 2.41. The molecule has 0 radical (unpaired) electrons. The van der Waals surface area contributed by atoms with Crippen LogP contribution in [0, 0.1) is 15.5 Å². The first-order chi connectivity index (χ1) is 8.45. The highest BCUT2D eigenvalue weighted by molar-refractivity contribution is 5.38. The van der Waals surface area contributed by atoms with E-state index < -0.39 is 4.92 Å². The second-order valence-corrected chi connectivity index (χ2v) is 5.26. The molecule has 0 aromatic heterocycles. The lowest BCUT2D eigenvalue weighted by atomic mass is 9.64. The van der Waals surface area contributed by atoms with Crippen molar-refractivity contribution >= 4 is 5.69 Å². The molecule has 1 fully saturated rings. The topological polar surface area (TPSA) is 64.4 Å². The molecule has 2 unspecified atom stereocenters. The Morgan fingerprint density at radius 1 is 1.50 bits per heavy atom. The summed E-state index contributed by atoms with van der Waals surface area (Å²) in [5, 5.41) is 13.9. The predicted molar refractivity (Wildman–Crippen MR) is 68.8 cm³/mol. The smallest absolute Gasteiger partial charge is 0.273 e. The van der Waals surface area contributed by atoms with Crippen molar-refractivity contribution in [2.24, 2.45) is 5.41 Å². The van der Waals surface area contributed by atoms with Gasteiger partial charge in [0.1, 0.15) is 11.9 Å². The molecule has 2 rings (SSSR count). The minimum Gasteiger partial charge on any atom is -0.489 e. The van der Waals surface area contributed by atoms with Crippen LogP contribution in [-0.4, -0.2) is 24.1 Å². The zero-order valence-electron chi connectivity index (χ0n) is 10.8. The summed E-state index contributed by atoms with van der Waals surface area (Å²) in [6.45, 7) is 4.28. The maximum Gasteiger partial charge on any atom is 0.273 e. The van der Waals surface area contributed by atoms with Gasteiger partial charge < -0.3 is 10.1 Å². The van der Waals surface area contributed by atoms with Crippen molar-refractivity contribution < 1.29 is 9.66 Å². The predicted octanol–water partition coefficient (Wildman–Crippen LogP) is 2.36. The molecule has 0 spiro atoms. The number of nitrogens with one attached hydrogen (secondary N) is 1. The first-order valence-electron chi connectivity index (χ1n) is 6.03. The van der Waals surface area contributed by atoms with E-state index in [4.69, 9.17) is 4.74 Å². The zero-order chi connectivity index (χ0) is 13.3. The molecule has 2 atom stereocenters. The van der Waals surface area contributed by atoms with Crippen LogP contribution in [0.3, 0.4) is 0 Å². The van der Waals surface area contributed by atoms with Gasteiger partial charge in [-0.1, -0.05) is 19.9 Å². The van der Waals surface area contributed by atoms with Crippen LogP contribution in [0.4, 0.5) is 5.69 Å². The van der Waals surface area contributed by atoms with Crippen LogP contribution in [-0.2, 0) is 0 Å². The maximum absolute atomic E-state index is 10.7. The molecule has 98 valence electrons. The minimum atomic E-state index is -0.408. The van der Waals surface area contributed by atoms with Crippen LogP contribution < -0.4 is 10.1 Å². The summed E-state index contributed by atoms with van der Waals surface area (Å²) >= 11 is 0. The Hall–Kier alpha value is -1.62. The molecule has 1 aromatic rings. The second-order valence-electron chi connectivity index (χ2n) is 5.26. The van der Waals surface area contributed by atoms with Gasteiger partial charge in [-0.3, -0.25) is 10.1 Å². The highest BCUT2D eigenvalue weighted by atomic mass is 16.6. The van der Waals surface area contributed by atoms with Gasteiger partial charge in [0.25, 0.3) is 5.69 Å². The number of hydrogen-bond donors (Lipinski definition) is 1. The zero-order valence-corrected chi connectivity index (χ0v) is 10.8. The Balaban J connectivity index is 2.07. The average molecular weight is 250 g/mol. The van der Waals surface area contributed by atoms with Crippen molar-refractivity contribution in [3.63, 3.8) is 0 Å². The van der Waals surface area contributed by atoms with Crippen LogP contribution in [0.1, 0.15) is 20.3 Å². The lowest BCUT2D eigenvalue weighted by Crippen LogP contribution is -2.61. The molecule has 18 heavy (non-hydrogen) atoms. The second kappa shape index (κ2) is 4.57. The number of nitrogens with zero attached hydrogens (tertiary/aromatic N) is 1. The summed E-state index contributed by atoms with van der Waals surface area (Å²) in [4.78, 5) is 10.3. The Bertz CT molecular complexity index is 459. The van der Waals surface area contributed by atoms with Crippen LogP contribution >= 0.6 is 0 Å². The molecule has 0 bridgehead atoms. The van der Waals surface area contributed by atoms with E-state index in [-0.39, 0.29) is 17.2 Å². The van der Waals surface area contributed by atoms with Crippen molar-refractivity contribution in [1.29, 1.82) is 0 Å². The molecular weight excluding hydrogens is 232 g/mol. The molecule has 1 aromatic carbocycles. The van der Waals surface area contributed by atoms with Gasteiger partial charge in [0, 0.05) is 23.9 Å². The van der Waals surface area contributed by atoms with Crippen molar-refractivity contribution in [3.05, 3.63) is 34.4 Å². The van der Waals surface area contributed by atoms with Crippen molar-refractivity contribution in [1.82, 2.24) is 5.32 Å². The van der Waals surface area contributed by atoms with E-state index in [1.807, 2.05) is 7.05 Å². The van der Waals surface area contributed by atoms with Gasteiger partial charge in [-0.25, -0.2) is 0 Å². The van der Waals surface area contributed by atoms with Gasteiger partial charge in [-0.2, -0.15) is 0 Å². The highest BCUT2D eigenvalue weighted by Crippen LogP contribution is 2.43. The Kier molecular flexibility index (Phi) is 3.26. The molecule has 5 nitrogen and oxygen atoms in total. The number of non-ortho nitro benzene ring substituents is 1. The fourth-order valence-corrected chi connectivity index (χ4v) is 2.41. The quantitative estimate of drug-likeness (QED) is 0.658. The molecule has 0 amide bonds. The number of hydrogen-bond acceptors (Lipinski definition) is 4. The van der Waals surface area contributed by atoms with E-state index in [0.29, 0.717) is 11.8 Å². The number of ether oxygens (including phenoxy) is 1. The highest BCUT2D eigenvalue weighted by Gasteiger charge is 2.49. The molecular formula is C13H18N2O3. The summed E-state index contributed by atoms with van der Waals surface area (Å²) < 4.78 is 5.84. The molecule has 0 saturated heterocycles. The van der Waals surface area contributed by atoms with Gasteiger partial charge in [-0.15, -0.1) is 0 Å². The standard InChI is InChI=1S/C13H18N2O3/c1-13(2)11(14-3)8-12(13)18-10-6-4-5-9(7-10)15(16)17/h4-7,11-12,14H,8H2,1-3H3. The normalized spacial score (nSPS) is 25.3. The van der Waals surface area contributed by atoms with E-state index in [9.17, 15) is 10.1 Å². The summed E-state index contributed by atoms with van der Waals surface area (Å²) in [5.74, 6) is 0.567. The number of nitro groups is 1. The minimum absolute atomic E-state index is 0.0410. The van der Waals surface area contributed by atoms with E-state index in [1.165, 1.54) is 12.1 Å². The Morgan fingerprint density at radius 2 is 2.22 bits per heavy atom. The lowest BCUT2D eigenvalue weighted by molar-refractivity contribution is -0.385. The molecule has 1 aliphatic carbocycles. The Labute approximate surface area is 106 Å². The van der Waals surface area contributed by atoms with E-state index in [1.54, 1.807) is 12.1 Å². The third-order valence-corrected chi connectivity index (χ3v) is 3.83. The van der Waals surface area contributed by atoms with Gasteiger partial charge in [0.05, 0.1) is 11.0 Å². The monoisotopic (exact) mass is 250 g/mol. The third kappa shape index (κ3) is 2.18. The third-order valence-electron chi connectivity index (χ3n) is 3.83.